The van der Waals surface area contributed by atoms with Crippen LogP contribution >= 0.6 is 11.6 Å². The minimum atomic E-state index is -0.316. The van der Waals surface area contributed by atoms with Crippen molar-refractivity contribution in [2.45, 2.75) is 71.9 Å². The number of amides is 2. The van der Waals surface area contributed by atoms with Gasteiger partial charge in [-0.05, 0) is 76.0 Å². The van der Waals surface area contributed by atoms with E-state index in [9.17, 15) is 9.59 Å². The van der Waals surface area contributed by atoms with Crippen LogP contribution in [0.1, 0.15) is 65.8 Å². The van der Waals surface area contributed by atoms with Gasteiger partial charge in [0.05, 0.1) is 17.9 Å². The number of halogens is 1. The molecule has 13 heteroatoms. The van der Waals surface area contributed by atoms with Gasteiger partial charge in [0.2, 0.25) is 0 Å². The molecule has 2 amide bonds. The molecule has 3 aromatic rings. The van der Waals surface area contributed by atoms with E-state index in [1.54, 1.807) is 24.4 Å². The van der Waals surface area contributed by atoms with E-state index in [2.05, 4.69) is 30.9 Å². The van der Waals surface area contributed by atoms with Crippen molar-refractivity contribution in [3.8, 4) is 16.9 Å². The number of nitrogens with two attached hydrogens (primary N) is 3. The summed E-state index contributed by atoms with van der Waals surface area (Å²) in [5.41, 5.74) is 18.5. The maximum absolute atomic E-state index is 12.4. The smallest absolute Gasteiger partial charge is 0.319 e. The van der Waals surface area contributed by atoms with E-state index in [1.807, 2.05) is 65.8 Å². The Labute approximate surface area is 276 Å². The molecule has 252 valence electrons. The van der Waals surface area contributed by atoms with Gasteiger partial charge < -0.3 is 42.9 Å². The Hall–Kier alpha value is -4.13. The Morgan fingerprint density at radius 1 is 1.04 bits per heavy atom. The lowest BCUT2D eigenvalue weighted by atomic mass is 9.95. The molecule has 10 N–H and O–H groups in total. The van der Waals surface area contributed by atoms with Crippen LogP contribution < -0.4 is 43.4 Å². The number of carbonyl (C=O) groups excluding carboxylic acids is 1. The second-order valence-electron chi connectivity index (χ2n) is 12.7. The highest BCUT2D eigenvalue weighted by atomic mass is 35.5. The SMILES string of the molecule is CC(C)(C)NC(=O)Nc1cc(Cl)ccc1OCCCN.CC(C)(C)c1ncc(-c2ccc(CNCCCN=C(N)N)cc2)c(=O)[nH]1. The summed E-state index contributed by atoms with van der Waals surface area (Å²) in [5, 5.41) is 9.43. The number of aromatic nitrogens is 2. The van der Waals surface area contributed by atoms with E-state index in [1.165, 1.54) is 0 Å². The number of H-pyrrole nitrogens is 1. The molecule has 2 aromatic carbocycles. The number of urea groups is 1. The Morgan fingerprint density at radius 2 is 1.74 bits per heavy atom. The predicted molar refractivity (Wildman–Crippen MR) is 189 cm³/mol. The molecule has 0 unspecified atom stereocenters. The van der Waals surface area contributed by atoms with E-state index < -0.39 is 0 Å². The number of aliphatic imine (C=N–C) groups is 1. The number of aromatic amines is 1. The third-order valence-electron chi connectivity index (χ3n) is 6.19. The van der Waals surface area contributed by atoms with Gasteiger partial charge in [0.15, 0.2) is 5.96 Å². The standard InChI is InChI=1S/C19H28N6O.C14H22ClN3O2/c1-19(2,3)17-24-12-15(16(26)25-17)14-7-5-13(6-8-14)11-22-9-4-10-23-18(20)21;1-14(2,3)18-13(19)17-11-9-10(15)5-6-12(11)20-8-4-7-16/h5-8,12,22H,4,9-11H2,1-3H3,(H4,20,21,23)(H,24,25,26);5-6,9H,4,7-8,16H2,1-3H3,(H2,17,18,19). The summed E-state index contributed by atoms with van der Waals surface area (Å²) in [7, 11) is 0. The van der Waals surface area contributed by atoms with Crippen LogP contribution in [0.4, 0.5) is 10.5 Å². The molecular weight excluding hydrogens is 606 g/mol. The molecule has 0 bridgehead atoms. The van der Waals surface area contributed by atoms with Gasteiger partial charge in [-0.15, -0.1) is 0 Å². The van der Waals surface area contributed by atoms with Crippen molar-refractivity contribution in [2.75, 3.05) is 31.6 Å². The molecule has 1 aromatic heterocycles. The van der Waals surface area contributed by atoms with Gasteiger partial charge in [-0.1, -0.05) is 56.6 Å². The number of hydrogen-bond acceptors (Lipinski definition) is 7. The average Bonchev–Trinajstić information content (AvgIpc) is 2.95. The molecule has 1 heterocycles. The maximum atomic E-state index is 12.4. The number of nitrogens with one attached hydrogen (secondary N) is 4. The van der Waals surface area contributed by atoms with Crippen molar-refractivity contribution >= 4 is 29.3 Å². The summed E-state index contributed by atoms with van der Waals surface area (Å²) in [6.45, 7) is 15.0. The summed E-state index contributed by atoms with van der Waals surface area (Å²) in [6.07, 6.45) is 3.27. The van der Waals surface area contributed by atoms with Crippen molar-refractivity contribution in [3.63, 3.8) is 0 Å². The fourth-order valence-corrected chi connectivity index (χ4v) is 4.09. The van der Waals surface area contributed by atoms with E-state index in [0.29, 0.717) is 47.5 Å². The van der Waals surface area contributed by atoms with Crippen LogP contribution in [-0.4, -0.2) is 53.7 Å². The van der Waals surface area contributed by atoms with Gasteiger partial charge >= 0.3 is 6.03 Å². The van der Waals surface area contributed by atoms with Crippen molar-refractivity contribution in [3.05, 3.63) is 75.4 Å². The lowest BCUT2D eigenvalue weighted by Crippen LogP contribution is -2.43. The van der Waals surface area contributed by atoms with Crippen LogP contribution in [0.2, 0.25) is 5.02 Å². The first-order valence-electron chi connectivity index (χ1n) is 15.3. The number of hydrogen-bond donors (Lipinski definition) is 7. The minimum absolute atomic E-state index is 0.115. The highest BCUT2D eigenvalue weighted by Crippen LogP contribution is 2.28. The van der Waals surface area contributed by atoms with Crippen LogP contribution in [-0.2, 0) is 12.0 Å². The average molecular weight is 656 g/mol. The number of benzene rings is 2. The summed E-state index contributed by atoms with van der Waals surface area (Å²) in [5.74, 6) is 1.39. The van der Waals surface area contributed by atoms with Gasteiger partial charge in [0.25, 0.3) is 5.56 Å². The highest BCUT2D eigenvalue weighted by Gasteiger charge is 2.18. The molecule has 12 nitrogen and oxygen atoms in total. The molecule has 0 atom stereocenters. The third kappa shape index (κ3) is 14.3. The molecule has 3 rings (SSSR count). The predicted octanol–water partition coefficient (Wildman–Crippen LogP) is 4.48. The van der Waals surface area contributed by atoms with Gasteiger partial charge in [-0.2, -0.15) is 0 Å². The lowest BCUT2D eigenvalue weighted by molar-refractivity contribution is 0.243. The Balaban J connectivity index is 0.000000332. The second kappa shape index (κ2) is 18.1. The molecule has 0 spiro atoms. The quantitative estimate of drug-likeness (QED) is 0.0841. The fraction of sp³-hybridized carbons (Fsp3) is 0.455. The van der Waals surface area contributed by atoms with Crippen LogP contribution in [0.5, 0.6) is 5.75 Å². The van der Waals surface area contributed by atoms with Crippen molar-refractivity contribution in [1.29, 1.82) is 0 Å². The van der Waals surface area contributed by atoms with Crippen LogP contribution in [0.15, 0.2) is 58.4 Å². The number of rotatable bonds is 12. The van der Waals surface area contributed by atoms with Gasteiger partial charge in [-0.25, -0.2) is 9.78 Å². The summed E-state index contributed by atoms with van der Waals surface area (Å²) in [6, 6.07) is 12.7. The van der Waals surface area contributed by atoms with Crippen LogP contribution in [0, 0.1) is 0 Å². The normalized spacial score (nSPS) is 11.2. The summed E-state index contributed by atoms with van der Waals surface area (Å²) < 4.78 is 5.58. The van der Waals surface area contributed by atoms with Gasteiger partial charge in [0.1, 0.15) is 11.6 Å². The summed E-state index contributed by atoms with van der Waals surface area (Å²) in [4.78, 5) is 35.5. The number of ether oxygens (including phenoxy) is 1. The first-order chi connectivity index (χ1) is 21.6. The number of nitrogens with zero attached hydrogens (tertiary/aromatic N) is 2. The molecule has 0 fully saturated rings. The molecular formula is C33H50ClN9O3. The summed E-state index contributed by atoms with van der Waals surface area (Å²) >= 11 is 5.95. The largest absolute Gasteiger partial charge is 0.491 e. The van der Waals surface area contributed by atoms with E-state index in [0.717, 1.165) is 37.1 Å². The Bertz CT molecular complexity index is 1470. The zero-order valence-corrected chi connectivity index (χ0v) is 28.6. The molecule has 0 radical (unpaired) electrons. The lowest BCUT2D eigenvalue weighted by Gasteiger charge is -2.21. The van der Waals surface area contributed by atoms with Crippen molar-refractivity contribution in [1.82, 2.24) is 20.6 Å². The molecule has 0 saturated carbocycles. The topological polar surface area (TPSA) is 199 Å². The second-order valence-corrected chi connectivity index (χ2v) is 13.2. The Morgan fingerprint density at radius 3 is 2.33 bits per heavy atom. The molecule has 0 saturated heterocycles. The molecule has 0 aliphatic heterocycles. The fourth-order valence-electron chi connectivity index (χ4n) is 3.91. The highest BCUT2D eigenvalue weighted by molar-refractivity contribution is 6.31. The molecule has 46 heavy (non-hydrogen) atoms. The van der Waals surface area contributed by atoms with Crippen LogP contribution in [0.25, 0.3) is 11.1 Å². The van der Waals surface area contributed by atoms with E-state index in [-0.39, 0.29) is 28.5 Å². The van der Waals surface area contributed by atoms with Crippen molar-refractivity contribution in [2.24, 2.45) is 22.2 Å². The maximum Gasteiger partial charge on any atom is 0.319 e. The third-order valence-corrected chi connectivity index (χ3v) is 6.43. The zero-order valence-electron chi connectivity index (χ0n) is 27.8. The zero-order chi connectivity index (χ0) is 34.3. The first-order valence-corrected chi connectivity index (χ1v) is 15.6. The van der Waals surface area contributed by atoms with Gasteiger partial charge in [-0.3, -0.25) is 9.79 Å². The molecule has 0 aliphatic rings. The Kier molecular flexibility index (Phi) is 15.0. The number of guanidine groups is 1. The van der Waals surface area contributed by atoms with Crippen LogP contribution in [0.3, 0.4) is 0 Å². The van der Waals surface area contributed by atoms with E-state index >= 15 is 0 Å². The minimum Gasteiger partial charge on any atom is -0.491 e. The number of carbonyl (C=O) groups is 1. The van der Waals surface area contributed by atoms with E-state index in [4.69, 9.17) is 33.5 Å². The molecule has 0 aliphatic carbocycles. The van der Waals surface area contributed by atoms with Crippen molar-refractivity contribution < 1.29 is 9.53 Å². The van der Waals surface area contributed by atoms with Gasteiger partial charge in [0, 0.05) is 35.3 Å². The monoisotopic (exact) mass is 655 g/mol. The number of anilines is 1. The first kappa shape index (κ1) is 38.1.